The number of likely N-dealkylation sites (tertiary alicyclic amines) is 2. The molecule has 0 bridgehead atoms. The molecule has 0 saturated carbocycles. The molecule has 114 valence electrons. The molecule has 3 heteroatoms. The Morgan fingerprint density at radius 3 is 2.29 bits per heavy atom. The molecule has 2 heterocycles. The van der Waals surface area contributed by atoms with Crippen molar-refractivity contribution in [2.75, 3.05) is 26.7 Å². The van der Waals surface area contributed by atoms with Crippen LogP contribution in [0.1, 0.15) is 47.2 Å². The van der Waals surface area contributed by atoms with Crippen molar-refractivity contribution in [3.63, 3.8) is 0 Å². The lowest BCUT2D eigenvalue weighted by Gasteiger charge is -2.44. The first-order valence-electron chi connectivity index (χ1n) is 8.09. The molecule has 21 heavy (non-hydrogen) atoms. The van der Waals surface area contributed by atoms with Gasteiger partial charge in [0.05, 0.1) is 0 Å². The lowest BCUT2D eigenvalue weighted by Crippen LogP contribution is -2.55. The third kappa shape index (κ3) is 2.71. The van der Waals surface area contributed by atoms with Crippen LogP contribution < -0.4 is 0 Å². The minimum Gasteiger partial charge on any atom is -0.337 e. The van der Waals surface area contributed by atoms with E-state index < -0.39 is 0 Å². The van der Waals surface area contributed by atoms with E-state index in [9.17, 15) is 4.79 Å². The van der Waals surface area contributed by atoms with E-state index in [1.54, 1.807) is 0 Å². The van der Waals surface area contributed by atoms with Gasteiger partial charge in [0.2, 0.25) is 0 Å². The Balaban J connectivity index is 1.81. The van der Waals surface area contributed by atoms with E-state index in [1.165, 1.54) is 36.9 Å². The van der Waals surface area contributed by atoms with Crippen LogP contribution >= 0.6 is 0 Å². The molecule has 0 N–H and O–H groups in total. The number of hydrogen-bond donors (Lipinski definition) is 0. The molecular formula is C18H26N2O. The van der Waals surface area contributed by atoms with Crippen molar-refractivity contribution >= 4 is 5.91 Å². The minimum absolute atomic E-state index is 0.209. The highest BCUT2D eigenvalue weighted by molar-refractivity contribution is 5.94. The number of carbonyl (C=O) groups is 1. The van der Waals surface area contributed by atoms with E-state index in [2.05, 4.69) is 36.8 Å². The second-order valence-corrected chi connectivity index (χ2v) is 6.96. The maximum absolute atomic E-state index is 12.9. The normalized spacial score (nSPS) is 26.5. The Labute approximate surface area is 127 Å². The van der Waals surface area contributed by atoms with Crippen molar-refractivity contribution in [2.24, 2.45) is 0 Å². The fourth-order valence-corrected chi connectivity index (χ4v) is 4.16. The van der Waals surface area contributed by atoms with Crippen molar-refractivity contribution in [2.45, 2.75) is 45.1 Å². The second-order valence-electron chi connectivity index (χ2n) is 6.96. The zero-order valence-corrected chi connectivity index (χ0v) is 13.5. The fraction of sp³-hybridized carbons (Fsp3) is 0.611. The highest BCUT2D eigenvalue weighted by atomic mass is 16.2. The average molecular weight is 286 g/mol. The van der Waals surface area contributed by atoms with E-state index in [4.69, 9.17) is 0 Å². The SMILES string of the molecule is Cc1cc(C)cc(C(=O)N2CCCC3(CCCN3C)C2)c1. The fourth-order valence-electron chi connectivity index (χ4n) is 4.16. The molecule has 1 aromatic carbocycles. The van der Waals surface area contributed by atoms with Gasteiger partial charge in [-0.3, -0.25) is 9.69 Å². The molecule has 2 aliphatic rings. The number of nitrogens with zero attached hydrogens (tertiary/aromatic N) is 2. The molecule has 1 spiro atoms. The van der Waals surface area contributed by atoms with E-state index in [0.717, 1.165) is 25.1 Å². The monoisotopic (exact) mass is 286 g/mol. The van der Waals surface area contributed by atoms with Crippen LogP contribution in [0.15, 0.2) is 18.2 Å². The number of rotatable bonds is 1. The van der Waals surface area contributed by atoms with Crippen LogP contribution in [0.3, 0.4) is 0 Å². The summed E-state index contributed by atoms with van der Waals surface area (Å²) in [6.45, 7) is 7.10. The average Bonchev–Trinajstić information content (AvgIpc) is 2.78. The number of hydrogen-bond acceptors (Lipinski definition) is 2. The molecule has 0 aromatic heterocycles. The maximum Gasteiger partial charge on any atom is 0.253 e. The Kier molecular flexibility index (Phi) is 3.78. The molecule has 0 aliphatic carbocycles. The van der Waals surface area contributed by atoms with E-state index >= 15 is 0 Å². The molecule has 3 nitrogen and oxygen atoms in total. The Bertz CT molecular complexity index is 534. The number of piperidine rings is 1. The van der Waals surface area contributed by atoms with Crippen LogP contribution in [0.4, 0.5) is 0 Å². The molecule has 1 unspecified atom stereocenters. The van der Waals surface area contributed by atoms with Crippen LogP contribution in [0.2, 0.25) is 0 Å². The number of aryl methyl sites for hydroxylation is 2. The van der Waals surface area contributed by atoms with Gasteiger partial charge in [0, 0.05) is 24.2 Å². The lowest BCUT2D eigenvalue weighted by atomic mass is 9.86. The van der Waals surface area contributed by atoms with Crippen LogP contribution in [-0.4, -0.2) is 47.9 Å². The van der Waals surface area contributed by atoms with E-state index in [0.29, 0.717) is 0 Å². The number of amides is 1. The van der Waals surface area contributed by atoms with Crippen LogP contribution in [0.25, 0.3) is 0 Å². The van der Waals surface area contributed by atoms with Gasteiger partial charge in [0.15, 0.2) is 0 Å². The summed E-state index contributed by atoms with van der Waals surface area (Å²) in [4.78, 5) is 17.4. The van der Waals surface area contributed by atoms with Gasteiger partial charge >= 0.3 is 0 Å². The van der Waals surface area contributed by atoms with Gasteiger partial charge in [-0.25, -0.2) is 0 Å². The van der Waals surface area contributed by atoms with E-state index in [-0.39, 0.29) is 11.4 Å². The minimum atomic E-state index is 0.209. The van der Waals surface area contributed by atoms with Gasteiger partial charge in [-0.15, -0.1) is 0 Å². The molecule has 2 aliphatic heterocycles. The molecule has 2 saturated heterocycles. The van der Waals surface area contributed by atoms with Gasteiger partial charge in [0.25, 0.3) is 5.91 Å². The number of benzene rings is 1. The highest BCUT2D eigenvalue weighted by Gasteiger charge is 2.43. The standard InChI is InChI=1S/C18H26N2O/c1-14-10-15(2)12-16(11-14)17(21)20-9-5-7-18(13-20)6-4-8-19(18)3/h10-12H,4-9,13H2,1-3H3. The number of carbonyl (C=O) groups excluding carboxylic acids is 1. The summed E-state index contributed by atoms with van der Waals surface area (Å²) in [6.07, 6.45) is 4.86. The Morgan fingerprint density at radius 2 is 1.67 bits per heavy atom. The third-order valence-electron chi connectivity index (χ3n) is 5.26. The number of likely N-dealkylation sites (N-methyl/N-ethyl adjacent to an activating group) is 1. The summed E-state index contributed by atoms with van der Waals surface area (Å²) in [7, 11) is 2.22. The third-order valence-corrected chi connectivity index (χ3v) is 5.26. The van der Waals surface area contributed by atoms with Crippen molar-refractivity contribution in [3.8, 4) is 0 Å². The van der Waals surface area contributed by atoms with Gasteiger partial charge in [-0.05, 0) is 65.3 Å². The maximum atomic E-state index is 12.9. The largest absolute Gasteiger partial charge is 0.337 e. The summed E-state index contributed by atoms with van der Waals surface area (Å²) in [6, 6.07) is 6.17. The van der Waals surface area contributed by atoms with Gasteiger partial charge in [-0.1, -0.05) is 17.2 Å². The Morgan fingerprint density at radius 1 is 1.05 bits per heavy atom. The van der Waals surface area contributed by atoms with Crippen LogP contribution in [0, 0.1) is 13.8 Å². The van der Waals surface area contributed by atoms with Crippen molar-refractivity contribution in [3.05, 3.63) is 34.9 Å². The molecule has 1 atom stereocenters. The zero-order chi connectivity index (χ0) is 15.0. The predicted molar refractivity (Wildman–Crippen MR) is 85.6 cm³/mol. The zero-order valence-electron chi connectivity index (χ0n) is 13.5. The Hall–Kier alpha value is -1.35. The first kappa shape index (κ1) is 14.6. The summed E-state index contributed by atoms with van der Waals surface area (Å²) >= 11 is 0. The summed E-state index contributed by atoms with van der Waals surface area (Å²) in [5.41, 5.74) is 3.43. The topological polar surface area (TPSA) is 23.6 Å². The lowest BCUT2D eigenvalue weighted by molar-refractivity contribution is 0.0412. The van der Waals surface area contributed by atoms with Crippen LogP contribution in [-0.2, 0) is 0 Å². The second kappa shape index (κ2) is 5.45. The highest BCUT2D eigenvalue weighted by Crippen LogP contribution is 2.36. The smallest absolute Gasteiger partial charge is 0.253 e. The molecular weight excluding hydrogens is 260 g/mol. The predicted octanol–water partition coefficient (Wildman–Crippen LogP) is 3.00. The molecule has 2 fully saturated rings. The summed E-state index contributed by atoms with van der Waals surface area (Å²) in [5, 5.41) is 0. The summed E-state index contributed by atoms with van der Waals surface area (Å²) < 4.78 is 0. The van der Waals surface area contributed by atoms with Gasteiger partial charge < -0.3 is 4.90 Å². The van der Waals surface area contributed by atoms with E-state index in [1.807, 2.05) is 12.1 Å². The quantitative estimate of drug-likeness (QED) is 0.792. The van der Waals surface area contributed by atoms with Crippen molar-refractivity contribution in [1.82, 2.24) is 9.80 Å². The first-order chi connectivity index (χ1) is 10.00. The molecule has 0 radical (unpaired) electrons. The van der Waals surface area contributed by atoms with Gasteiger partial charge in [0.1, 0.15) is 0 Å². The first-order valence-corrected chi connectivity index (χ1v) is 8.09. The molecule has 1 amide bonds. The van der Waals surface area contributed by atoms with Crippen molar-refractivity contribution in [1.29, 1.82) is 0 Å². The molecule has 1 aromatic rings. The van der Waals surface area contributed by atoms with Crippen molar-refractivity contribution < 1.29 is 4.79 Å². The summed E-state index contributed by atoms with van der Waals surface area (Å²) in [5.74, 6) is 0.209. The van der Waals surface area contributed by atoms with Gasteiger partial charge in [-0.2, -0.15) is 0 Å². The molecule has 3 rings (SSSR count). The van der Waals surface area contributed by atoms with Crippen LogP contribution in [0.5, 0.6) is 0 Å².